The molecule has 0 unspecified atom stereocenters. The number of aliphatic hydroxyl groups is 2. The zero-order chi connectivity index (χ0) is 25.8. The van der Waals surface area contributed by atoms with Crippen LogP contribution < -0.4 is 0 Å². The van der Waals surface area contributed by atoms with Crippen molar-refractivity contribution >= 4 is 11.6 Å². The first-order chi connectivity index (χ1) is 15.7. The smallest absolute Gasteiger partial charge is 0.187 e. The number of rotatable bonds is 6. The SMILES string of the molecule is CC(C=CC1=C(C)C(=O)[C@@H](O)CC1(C)C)=CC=CC=C(C)C=CC1=C(C)C(=O)[C@@H](O)CC1(C)C. The van der Waals surface area contributed by atoms with Gasteiger partial charge in [0.15, 0.2) is 11.6 Å². The zero-order valence-electron chi connectivity index (χ0n) is 21.9. The van der Waals surface area contributed by atoms with Crippen LogP contribution >= 0.6 is 0 Å². The van der Waals surface area contributed by atoms with Crippen LogP contribution in [0.15, 0.2) is 82.0 Å². The molecule has 0 aromatic rings. The molecule has 0 aromatic carbocycles. The first kappa shape index (κ1) is 27.7. The minimum Gasteiger partial charge on any atom is -0.385 e. The molecule has 0 aromatic heterocycles. The Bertz CT molecular complexity index is 967. The second kappa shape index (κ2) is 10.8. The molecule has 34 heavy (non-hydrogen) atoms. The molecule has 4 nitrogen and oxygen atoms in total. The first-order valence-electron chi connectivity index (χ1n) is 11.9. The molecule has 184 valence electrons. The van der Waals surface area contributed by atoms with Crippen LogP contribution in [0.25, 0.3) is 0 Å². The largest absolute Gasteiger partial charge is 0.385 e. The van der Waals surface area contributed by atoms with E-state index in [-0.39, 0.29) is 22.4 Å². The summed E-state index contributed by atoms with van der Waals surface area (Å²) in [4.78, 5) is 24.3. The fraction of sp³-hybridized carbons (Fsp3) is 0.467. The molecule has 2 rings (SSSR count). The topological polar surface area (TPSA) is 74.6 Å². The molecule has 0 radical (unpaired) electrons. The second-order valence-corrected chi connectivity index (χ2v) is 10.9. The maximum atomic E-state index is 12.2. The Morgan fingerprint density at radius 1 is 0.735 bits per heavy atom. The van der Waals surface area contributed by atoms with E-state index in [0.29, 0.717) is 24.0 Å². The van der Waals surface area contributed by atoms with Crippen LogP contribution in [0.3, 0.4) is 0 Å². The van der Waals surface area contributed by atoms with Gasteiger partial charge in [-0.2, -0.15) is 0 Å². The summed E-state index contributed by atoms with van der Waals surface area (Å²) < 4.78 is 0. The number of carbonyl (C=O) groups excluding carboxylic acids is 2. The van der Waals surface area contributed by atoms with Crippen LogP contribution in [0, 0.1) is 10.8 Å². The summed E-state index contributed by atoms with van der Waals surface area (Å²) in [7, 11) is 0. The first-order valence-corrected chi connectivity index (χ1v) is 11.9. The van der Waals surface area contributed by atoms with Crippen molar-refractivity contribution in [2.45, 2.75) is 80.4 Å². The molecule has 0 aliphatic heterocycles. The van der Waals surface area contributed by atoms with E-state index in [2.05, 4.69) is 27.7 Å². The Labute approximate surface area is 204 Å². The third-order valence-corrected chi connectivity index (χ3v) is 6.87. The predicted molar refractivity (Wildman–Crippen MR) is 139 cm³/mol. The van der Waals surface area contributed by atoms with E-state index in [0.717, 1.165) is 22.3 Å². The van der Waals surface area contributed by atoms with E-state index in [1.807, 2.05) is 62.5 Å². The molecule has 4 heteroatoms. The minimum absolute atomic E-state index is 0.183. The van der Waals surface area contributed by atoms with Gasteiger partial charge in [0.25, 0.3) is 0 Å². The van der Waals surface area contributed by atoms with E-state index >= 15 is 0 Å². The van der Waals surface area contributed by atoms with Crippen molar-refractivity contribution in [3.8, 4) is 0 Å². The van der Waals surface area contributed by atoms with Gasteiger partial charge in [0.1, 0.15) is 12.2 Å². The Balaban J connectivity index is 2.10. The number of hydrogen-bond acceptors (Lipinski definition) is 4. The number of aliphatic hydroxyl groups excluding tert-OH is 2. The Kier molecular flexibility index (Phi) is 8.79. The minimum atomic E-state index is -0.910. The molecule has 2 N–H and O–H groups in total. The summed E-state index contributed by atoms with van der Waals surface area (Å²) in [5.74, 6) is -0.366. The van der Waals surface area contributed by atoms with Gasteiger partial charge in [-0.15, -0.1) is 0 Å². The van der Waals surface area contributed by atoms with Gasteiger partial charge < -0.3 is 10.2 Å². The van der Waals surface area contributed by atoms with Crippen LogP contribution in [0.1, 0.15) is 68.2 Å². The molecule has 0 amide bonds. The number of carbonyl (C=O) groups is 2. The van der Waals surface area contributed by atoms with Crippen LogP contribution in [-0.4, -0.2) is 34.0 Å². The van der Waals surface area contributed by atoms with Crippen molar-refractivity contribution < 1.29 is 19.8 Å². The van der Waals surface area contributed by atoms with Crippen molar-refractivity contribution in [3.63, 3.8) is 0 Å². The van der Waals surface area contributed by atoms with E-state index in [9.17, 15) is 19.8 Å². The normalized spacial score (nSPS) is 26.6. The lowest BCUT2D eigenvalue weighted by molar-refractivity contribution is -0.126. The molecule has 2 aliphatic rings. The molecule has 2 atom stereocenters. The Hall–Kier alpha value is -2.56. The van der Waals surface area contributed by atoms with Gasteiger partial charge in [-0.05, 0) is 73.7 Å². The monoisotopic (exact) mass is 464 g/mol. The standard InChI is InChI=1S/C30H40O4/c1-19(13-15-23-21(3)27(33)25(31)17-29(23,5)6)11-9-10-12-20(2)14-16-24-22(4)28(34)26(32)18-30(24,7)8/h9-16,25-26,31-32H,17-18H2,1-8H3/t25-,26-/m0/s1. The molecular formula is C30H40O4. The highest BCUT2D eigenvalue weighted by atomic mass is 16.3. The molecule has 0 bridgehead atoms. The summed E-state index contributed by atoms with van der Waals surface area (Å²) in [6.07, 6.45) is 15.0. The molecule has 0 saturated heterocycles. The lowest BCUT2D eigenvalue weighted by atomic mass is 9.71. The van der Waals surface area contributed by atoms with Gasteiger partial charge in [-0.1, -0.05) is 87.4 Å². The number of Topliss-reactive ketones (excluding diaryl/α,β-unsaturated/α-hetero) is 2. The Morgan fingerprint density at radius 3 is 1.38 bits per heavy atom. The number of hydrogen-bond donors (Lipinski definition) is 2. The highest BCUT2D eigenvalue weighted by molar-refractivity contribution is 6.01. The summed E-state index contributed by atoms with van der Waals surface area (Å²) >= 11 is 0. The van der Waals surface area contributed by atoms with Crippen molar-refractivity contribution in [2.75, 3.05) is 0 Å². The van der Waals surface area contributed by atoms with Crippen LogP contribution in [-0.2, 0) is 9.59 Å². The molecule has 2 aliphatic carbocycles. The Morgan fingerprint density at radius 2 is 1.06 bits per heavy atom. The summed E-state index contributed by atoms with van der Waals surface area (Å²) in [6, 6.07) is 0. The van der Waals surface area contributed by atoms with Crippen molar-refractivity contribution in [1.82, 2.24) is 0 Å². The maximum Gasteiger partial charge on any atom is 0.187 e. The summed E-state index contributed by atoms with van der Waals surface area (Å²) in [6.45, 7) is 15.8. The van der Waals surface area contributed by atoms with E-state index in [1.54, 1.807) is 13.8 Å². The third-order valence-electron chi connectivity index (χ3n) is 6.87. The van der Waals surface area contributed by atoms with Gasteiger partial charge in [0.05, 0.1) is 0 Å². The van der Waals surface area contributed by atoms with Crippen LogP contribution in [0.5, 0.6) is 0 Å². The second-order valence-electron chi connectivity index (χ2n) is 10.9. The summed E-state index contributed by atoms with van der Waals surface area (Å²) in [5, 5.41) is 19.9. The molecule has 0 heterocycles. The average Bonchev–Trinajstić information content (AvgIpc) is 2.72. The van der Waals surface area contributed by atoms with Crippen molar-refractivity contribution in [2.24, 2.45) is 10.8 Å². The maximum absolute atomic E-state index is 12.2. The fourth-order valence-corrected chi connectivity index (χ4v) is 4.81. The number of allylic oxidation sites excluding steroid dienone is 12. The lowest BCUT2D eigenvalue weighted by Crippen LogP contribution is -2.35. The van der Waals surface area contributed by atoms with Gasteiger partial charge in [-0.25, -0.2) is 0 Å². The van der Waals surface area contributed by atoms with Crippen LogP contribution in [0.4, 0.5) is 0 Å². The summed E-state index contributed by atoms with van der Waals surface area (Å²) in [5.41, 5.74) is 4.82. The highest BCUT2D eigenvalue weighted by Crippen LogP contribution is 2.40. The molecule has 0 spiro atoms. The quantitative estimate of drug-likeness (QED) is 0.480. The van der Waals surface area contributed by atoms with E-state index in [1.165, 1.54) is 0 Å². The molecular weight excluding hydrogens is 424 g/mol. The van der Waals surface area contributed by atoms with Gasteiger partial charge in [-0.3, -0.25) is 9.59 Å². The van der Waals surface area contributed by atoms with E-state index in [4.69, 9.17) is 0 Å². The molecule has 0 fully saturated rings. The zero-order valence-corrected chi connectivity index (χ0v) is 21.9. The van der Waals surface area contributed by atoms with E-state index < -0.39 is 12.2 Å². The third kappa shape index (κ3) is 6.52. The van der Waals surface area contributed by atoms with Crippen molar-refractivity contribution in [3.05, 3.63) is 82.0 Å². The number of ketones is 2. The van der Waals surface area contributed by atoms with Gasteiger partial charge in [0.2, 0.25) is 0 Å². The van der Waals surface area contributed by atoms with Crippen molar-refractivity contribution in [1.29, 1.82) is 0 Å². The van der Waals surface area contributed by atoms with Gasteiger partial charge in [0, 0.05) is 0 Å². The molecule has 0 saturated carbocycles. The fourth-order valence-electron chi connectivity index (χ4n) is 4.81. The lowest BCUT2D eigenvalue weighted by Gasteiger charge is -2.34. The average molecular weight is 465 g/mol. The highest BCUT2D eigenvalue weighted by Gasteiger charge is 2.37. The predicted octanol–water partition coefficient (Wildman–Crippen LogP) is 5.90. The van der Waals surface area contributed by atoms with Gasteiger partial charge >= 0.3 is 0 Å². The van der Waals surface area contributed by atoms with Crippen LogP contribution in [0.2, 0.25) is 0 Å².